The van der Waals surface area contributed by atoms with Crippen molar-refractivity contribution in [1.29, 1.82) is 0 Å². The Morgan fingerprint density at radius 1 is 1.65 bits per heavy atom. The SMILES string of the molecule is Cn1ccc(C(=O)NC(CN)C2CC2)cc1=O. The van der Waals surface area contributed by atoms with Crippen molar-refractivity contribution in [1.82, 2.24) is 9.88 Å². The Bertz CT molecular complexity index is 477. The van der Waals surface area contributed by atoms with Gasteiger partial charge in [-0.15, -0.1) is 0 Å². The lowest BCUT2D eigenvalue weighted by molar-refractivity contribution is 0.0933. The van der Waals surface area contributed by atoms with E-state index in [1.54, 1.807) is 19.3 Å². The summed E-state index contributed by atoms with van der Waals surface area (Å²) < 4.78 is 1.43. The van der Waals surface area contributed by atoms with Crippen LogP contribution in [0.4, 0.5) is 0 Å². The van der Waals surface area contributed by atoms with Crippen LogP contribution in [0.15, 0.2) is 23.1 Å². The molecule has 0 aliphatic heterocycles. The van der Waals surface area contributed by atoms with Gasteiger partial charge in [-0.2, -0.15) is 0 Å². The first-order valence-electron chi connectivity index (χ1n) is 5.79. The number of nitrogens with two attached hydrogens (primary N) is 1. The fourth-order valence-corrected chi connectivity index (χ4v) is 1.81. The normalized spacial score (nSPS) is 16.6. The molecule has 1 aromatic heterocycles. The molecule has 1 aliphatic carbocycles. The molecular weight excluding hydrogens is 218 g/mol. The van der Waals surface area contributed by atoms with Gasteiger partial charge in [0, 0.05) is 37.5 Å². The number of rotatable bonds is 4. The van der Waals surface area contributed by atoms with Gasteiger partial charge in [0.15, 0.2) is 0 Å². The van der Waals surface area contributed by atoms with E-state index in [9.17, 15) is 9.59 Å². The minimum atomic E-state index is -0.218. The van der Waals surface area contributed by atoms with Crippen LogP contribution in [-0.2, 0) is 7.05 Å². The largest absolute Gasteiger partial charge is 0.348 e. The molecule has 0 saturated heterocycles. The number of carbonyl (C=O) groups is 1. The van der Waals surface area contributed by atoms with E-state index in [-0.39, 0.29) is 17.5 Å². The highest BCUT2D eigenvalue weighted by Crippen LogP contribution is 2.32. The minimum absolute atomic E-state index is 0.0339. The summed E-state index contributed by atoms with van der Waals surface area (Å²) in [5.41, 5.74) is 5.82. The molecule has 1 fully saturated rings. The molecular formula is C12H17N3O2. The zero-order chi connectivity index (χ0) is 12.4. The number of nitrogens with zero attached hydrogens (tertiary/aromatic N) is 1. The Balaban J connectivity index is 2.08. The standard InChI is InChI=1S/C12H17N3O2/c1-15-5-4-9(6-11(15)16)12(17)14-10(7-13)8-2-3-8/h4-6,8,10H,2-3,7,13H2,1H3,(H,14,17). The molecule has 1 aliphatic rings. The summed E-state index contributed by atoms with van der Waals surface area (Å²) in [5.74, 6) is 0.292. The molecule has 1 saturated carbocycles. The second-order valence-corrected chi connectivity index (χ2v) is 4.52. The van der Waals surface area contributed by atoms with Gasteiger partial charge in [0.05, 0.1) is 0 Å². The lowest BCUT2D eigenvalue weighted by Gasteiger charge is -2.15. The number of carbonyl (C=O) groups excluding carboxylic acids is 1. The predicted molar refractivity (Wildman–Crippen MR) is 64.7 cm³/mol. The Morgan fingerprint density at radius 2 is 2.35 bits per heavy atom. The van der Waals surface area contributed by atoms with Crippen LogP contribution in [-0.4, -0.2) is 23.1 Å². The average Bonchev–Trinajstić information content (AvgIpc) is 3.13. The highest BCUT2D eigenvalue weighted by atomic mass is 16.2. The summed E-state index contributed by atoms with van der Waals surface area (Å²) in [7, 11) is 1.65. The number of amides is 1. The van der Waals surface area contributed by atoms with Crippen molar-refractivity contribution in [3.63, 3.8) is 0 Å². The molecule has 1 amide bonds. The van der Waals surface area contributed by atoms with E-state index in [1.807, 2.05) is 0 Å². The zero-order valence-electron chi connectivity index (χ0n) is 9.85. The number of pyridine rings is 1. The molecule has 0 bridgehead atoms. The van der Waals surface area contributed by atoms with Crippen LogP contribution in [0.3, 0.4) is 0 Å². The molecule has 17 heavy (non-hydrogen) atoms. The van der Waals surface area contributed by atoms with Crippen molar-refractivity contribution in [3.8, 4) is 0 Å². The summed E-state index contributed by atoms with van der Waals surface area (Å²) >= 11 is 0. The molecule has 0 aromatic carbocycles. The molecule has 92 valence electrons. The van der Waals surface area contributed by atoms with E-state index in [0.717, 1.165) is 12.8 Å². The molecule has 3 N–H and O–H groups in total. The summed E-state index contributed by atoms with van der Waals surface area (Å²) in [6.07, 6.45) is 3.84. The van der Waals surface area contributed by atoms with Crippen molar-refractivity contribution in [2.45, 2.75) is 18.9 Å². The van der Waals surface area contributed by atoms with Crippen LogP contribution in [0.25, 0.3) is 0 Å². The Kier molecular flexibility index (Phi) is 3.28. The van der Waals surface area contributed by atoms with Gasteiger partial charge >= 0.3 is 0 Å². The molecule has 0 radical (unpaired) electrons. The molecule has 1 heterocycles. The number of aryl methyl sites for hydroxylation is 1. The molecule has 0 spiro atoms. The van der Waals surface area contributed by atoms with Gasteiger partial charge in [0.25, 0.3) is 11.5 Å². The van der Waals surface area contributed by atoms with Crippen LogP contribution < -0.4 is 16.6 Å². The highest BCUT2D eigenvalue weighted by molar-refractivity contribution is 5.94. The summed E-state index contributed by atoms with van der Waals surface area (Å²) in [4.78, 5) is 23.3. The minimum Gasteiger partial charge on any atom is -0.348 e. The monoisotopic (exact) mass is 235 g/mol. The number of nitrogens with one attached hydrogen (secondary N) is 1. The lowest BCUT2D eigenvalue weighted by Crippen LogP contribution is -2.42. The maximum absolute atomic E-state index is 11.9. The van der Waals surface area contributed by atoms with Crippen LogP contribution in [0.2, 0.25) is 0 Å². The van der Waals surface area contributed by atoms with Gasteiger partial charge in [-0.1, -0.05) is 0 Å². The third-order valence-electron chi connectivity index (χ3n) is 3.13. The second kappa shape index (κ2) is 4.71. The Morgan fingerprint density at radius 3 is 2.88 bits per heavy atom. The number of hydrogen-bond acceptors (Lipinski definition) is 3. The maximum Gasteiger partial charge on any atom is 0.251 e. The Labute approximate surface area is 99.6 Å². The van der Waals surface area contributed by atoms with Crippen LogP contribution in [0.1, 0.15) is 23.2 Å². The van der Waals surface area contributed by atoms with Gasteiger partial charge in [-0.05, 0) is 24.8 Å². The van der Waals surface area contributed by atoms with Gasteiger partial charge < -0.3 is 15.6 Å². The fraction of sp³-hybridized carbons (Fsp3) is 0.500. The molecule has 1 unspecified atom stereocenters. The van der Waals surface area contributed by atoms with Crippen molar-refractivity contribution in [2.24, 2.45) is 18.7 Å². The van der Waals surface area contributed by atoms with E-state index >= 15 is 0 Å². The van der Waals surface area contributed by atoms with Crippen molar-refractivity contribution in [2.75, 3.05) is 6.54 Å². The first-order chi connectivity index (χ1) is 8.11. The molecule has 1 atom stereocenters. The predicted octanol–water partition coefficient (Wildman–Crippen LogP) is -0.148. The first kappa shape index (κ1) is 11.9. The van der Waals surface area contributed by atoms with Crippen molar-refractivity contribution >= 4 is 5.91 Å². The second-order valence-electron chi connectivity index (χ2n) is 4.52. The van der Waals surface area contributed by atoms with E-state index in [0.29, 0.717) is 18.0 Å². The summed E-state index contributed by atoms with van der Waals surface area (Å²) in [6.45, 7) is 0.446. The molecule has 5 nitrogen and oxygen atoms in total. The van der Waals surface area contributed by atoms with Crippen LogP contribution in [0.5, 0.6) is 0 Å². The van der Waals surface area contributed by atoms with E-state index < -0.39 is 0 Å². The molecule has 1 aromatic rings. The summed E-state index contributed by atoms with van der Waals surface area (Å²) in [5, 5.41) is 2.88. The third-order valence-corrected chi connectivity index (χ3v) is 3.13. The highest BCUT2D eigenvalue weighted by Gasteiger charge is 2.31. The van der Waals surface area contributed by atoms with Gasteiger partial charge in [0.1, 0.15) is 0 Å². The summed E-state index contributed by atoms with van der Waals surface area (Å²) in [6, 6.07) is 3.01. The lowest BCUT2D eigenvalue weighted by atomic mass is 10.1. The molecule has 2 rings (SSSR count). The number of aromatic nitrogens is 1. The number of hydrogen-bond donors (Lipinski definition) is 2. The van der Waals surface area contributed by atoms with Gasteiger partial charge in [-0.25, -0.2) is 0 Å². The van der Waals surface area contributed by atoms with E-state index in [2.05, 4.69) is 5.32 Å². The van der Waals surface area contributed by atoms with Crippen LogP contribution >= 0.6 is 0 Å². The van der Waals surface area contributed by atoms with Gasteiger partial charge in [0.2, 0.25) is 0 Å². The van der Waals surface area contributed by atoms with Gasteiger partial charge in [-0.3, -0.25) is 9.59 Å². The third kappa shape index (κ3) is 2.74. The van der Waals surface area contributed by atoms with Crippen molar-refractivity contribution in [3.05, 3.63) is 34.2 Å². The topological polar surface area (TPSA) is 77.1 Å². The maximum atomic E-state index is 11.9. The average molecular weight is 235 g/mol. The quantitative estimate of drug-likeness (QED) is 0.762. The van der Waals surface area contributed by atoms with Crippen molar-refractivity contribution < 1.29 is 4.79 Å². The van der Waals surface area contributed by atoms with E-state index in [1.165, 1.54) is 10.6 Å². The van der Waals surface area contributed by atoms with Crippen LogP contribution in [0, 0.1) is 5.92 Å². The molecule has 5 heteroatoms. The van der Waals surface area contributed by atoms with E-state index in [4.69, 9.17) is 5.73 Å². The fourth-order valence-electron chi connectivity index (χ4n) is 1.81. The first-order valence-corrected chi connectivity index (χ1v) is 5.79. The zero-order valence-corrected chi connectivity index (χ0v) is 9.85. The Hall–Kier alpha value is -1.62. The smallest absolute Gasteiger partial charge is 0.251 e.